The number of carbonyl (C=O) groups excluding carboxylic acids is 1. The van der Waals surface area contributed by atoms with Crippen LogP contribution in [0.1, 0.15) is 19.4 Å². The molecule has 0 aliphatic rings. The molecule has 6 nitrogen and oxygen atoms in total. The van der Waals surface area contributed by atoms with Gasteiger partial charge < -0.3 is 21.0 Å². The van der Waals surface area contributed by atoms with Crippen LogP contribution in [0.3, 0.4) is 0 Å². The molecule has 0 heterocycles. The van der Waals surface area contributed by atoms with E-state index in [0.717, 1.165) is 11.3 Å². The van der Waals surface area contributed by atoms with Gasteiger partial charge in [-0.05, 0) is 38.0 Å². The molecule has 0 radical (unpaired) electrons. The number of nitrogens with zero attached hydrogens (tertiary/aromatic N) is 1. The normalized spacial score (nSPS) is 12.1. The van der Waals surface area contributed by atoms with Crippen LogP contribution in [-0.4, -0.2) is 30.6 Å². The average Bonchev–Trinajstić information content (AvgIpc) is 2.46. The first-order chi connectivity index (χ1) is 9.41. The van der Waals surface area contributed by atoms with E-state index in [-0.39, 0.29) is 11.7 Å². The van der Waals surface area contributed by atoms with Gasteiger partial charge in [-0.3, -0.25) is 4.79 Å². The molecule has 0 bridgehead atoms. The summed E-state index contributed by atoms with van der Waals surface area (Å²) in [5.74, 6) is 0.409. The number of rotatable bonds is 6. The van der Waals surface area contributed by atoms with E-state index in [1.165, 1.54) is 0 Å². The Bertz CT molecular complexity index is 481. The van der Waals surface area contributed by atoms with Gasteiger partial charge in [-0.15, -0.1) is 0 Å². The van der Waals surface area contributed by atoms with E-state index in [1.807, 2.05) is 24.3 Å². The molecule has 0 spiro atoms. The Balaban J connectivity index is 2.49. The lowest BCUT2D eigenvalue weighted by Crippen LogP contribution is -2.46. The number of amidine groups is 1. The van der Waals surface area contributed by atoms with Gasteiger partial charge >= 0.3 is 0 Å². The van der Waals surface area contributed by atoms with E-state index in [2.05, 4.69) is 10.5 Å². The van der Waals surface area contributed by atoms with Crippen LogP contribution < -0.4 is 15.8 Å². The Morgan fingerprint density at radius 2 is 2.00 bits per heavy atom. The zero-order valence-corrected chi connectivity index (χ0v) is 12.0. The molecule has 0 unspecified atom stereocenters. The molecule has 0 aliphatic heterocycles. The maximum atomic E-state index is 12.0. The highest BCUT2D eigenvalue weighted by molar-refractivity contribution is 6.05. The third kappa shape index (κ3) is 3.88. The van der Waals surface area contributed by atoms with Gasteiger partial charge in [0.05, 0.1) is 7.11 Å². The third-order valence-corrected chi connectivity index (χ3v) is 3.17. The molecule has 20 heavy (non-hydrogen) atoms. The number of nitrogens with two attached hydrogens (primary N) is 1. The Morgan fingerprint density at radius 3 is 2.50 bits per heavy atom. The molecule has 0 fully saturated rings. The number of carbonyl (C=O) groups is 1. The van der Waals surface area contributed by atoms with Crippen molar-refractivity contribution >= 4 is 11.7 Å². The number of oxime groups is 1. The maximum Gasteiger partial charge on any atom is 0.233 e. The second-order valence-electron chi connectivity index (χ2n) is 4.96. The topological polar surface area (TPSA) is 96.9 Å². The second kappa shape index (κ2) is 6.79. The van der Waals surface area contributed by atoms with Crippen LogP contribution in [-0.2, 0) is 11.2 Å². The van der Waals surface area contributed by atoms with Crippen LogP contribution in [0.25, 0.3) is 0 Å². The van der Waals surface area contributed by atoms with Crippen molar-refractivity contribution in [2.45, 2.75) is 20.3 Å². The SMILES string of the molecule is COc1ccc(CCNC(=O)C(C)(C)C(N)=NO)cc1. The number of methoxy groups -OCH3 is 1. The minimum atomic E-state index is -1.03. The highest BCUT2D eigenvalue weighted by atomic mass is 16.5. The zero-order valence-electron chi connectivity index (χ0n) is 12.0. The predicted molar refractivity (Wildman–Crippen MR) is 76.9 cm³/mol. The smallest absolute Gasteiger partial charge is 0.233 e. The predicted octanol–water partition coefficient (Wildman–Crippen LogP) is 1.13. The van der Waals surface area contributed by atoms with E-state index in [0.29, 0.717) is 13.0 Å². The minimum Gasteiger partial charge on any atom is -0.497 e. The largest absolute Gasteiger partial charge is 0.497 e. The second-order valence-corrected chi connectivity index (χ2v) is 4.96. The highest BCUT2D eigenvalue weighted by Crippen LogP contribution is 2.15. The lowest BCUT2D eigenvalue weighted by Gasteiger charge is -2.21. The van der Waals surface area contributed by atoms with Gasteiger partial charge in [0.2, 0.25) is 5.91 Å². The fourth-order valence-corrected chi connectivity index (χ4v) is 1.57. The summed E-state index contributed by atoms with van der Waals surface area (Å²) in [7, 11) is 1.62. The van der Waals surface area contributed by atoms with Gasteiger partial charge in [-0.25, -0.2) is 0 Å². The first-order valence-corrected chi connectivity index (χ1v) is 6.31. The summed E-state index contributed by atoms with van der Waals surface area (Å²) >= 11 is 0. The summed E-state index contributed by atoms with van der Waals surface area (Å²) in [6, 6.07) is 7.63. The molecule has 1 rings (SSSR count). The first-order valence-electron chi connectivity index (χ1n) is 6.31. The summed E-state index contributed by atoms with van der Waals surface area (Å²) in [4.78, 5) is 12.0. The van der Waals surface area contributed by atoms with E-state index in [4.69, 9.17) is 15.7 Å². The molecular weight excluding hydrogens is 258 g/mol. The van der Waals surface area contributed by atoms with E-state index < -0.39 is 5.41 Å². The third-order valence-electron chi connectivity index (χ3n) is 3.17. The first kappa shape index (κ1) is 15.8. The summed E-state index contributed by atoms with van der Waals surface area (Å²) < 4.78 is 5.07. The monoisotopic (exact) mass is 279 g/mol. The molecule has 0 saturated heterocycles. The van der Waals surface area contributed by atoms with Crippen molar-refractivity contribution in [2.24, 2.45) is 16.3 Å². The van der Waals surface area contributed by atoms with Crippen molar-refractivity contribution in [2.75, 3.05) is 13.7 Å². The number of hydrogen-bond acceptors (Lipinski definition) is 4. The van der Waals surface area contributed by atoms with Gasteiger partial charge in [-0.2, -0.15) is 0 Å². The standard InChI is InChI=1S/C14H21N3O3/c1-14(2,12(15)17-19)13(18)16-9-8-10-4-6-11(20-3)7-5-10/h4-7,19H,8-9H2,1-3H3,(H2,15,17)(H,16,18). The molecule has 1 aromatic rings. The Morgan fingerprint density at radius 1 is 1.40 bits per heavy atom. The fraction of sp³-hybridized carbons (Fsp3) is 0.429. The van der Waals surface area contributed by atoms with Gasteiger partial charge in [0, 0.05) is 6.54 Å². The summed E-state index contributed by atoms with van der Waals surface area (Å²) in [6.45, 7) is 3.68. The molecule has 0 aliphatic carbocycles. The highest BCUT2D eigenvalue weighted by Gasteiger charge is 2.32. The van der Waals surface area contributed by atoms with Crippen LogP contribution in [0.5, 0.6) is 5.75 Å². The van der Waals surface area contributed by atoms with E-state index >= 15 is 0 Å². The number of ether oxygens (including phenoxy) is 1. The quantitative estimate of drug-likeness (QED) is 0.315. The summed E-state index contributed by atoms with van der Waals surface area (Å²) in [5.41, 5.74) is 5.55. The van der Waals surface area contributed by atoms with Gasteiger partial charge in [0.1, 0.15) is 11.2 Å². The molecule has 0 atom stereocenters. The van der Waals surface area contributed by atoms with Crippen LogP contribution >= 0.6 is 0 Å². The molecule has 6 heteroatoms. The van der Waals surface area contributed by atoms with Crippen molar-refractivity contribution in [1.29, 1.82) is 0 Å². The van der Waals surface area contributed by atoms with Crippen LogP contribution in [0.4, 0.5) is 0 Å². The summed E-state index contributed by atoms with van der Waals surface area (Å²) in [5, 5.41) is 14.3. The Kier molecular flexibility index (Phi) is 5.37. The number of benzene rings is 1. The number of amides is 1. The van der Waals surface area contributed by atoms with Gasteiger partial charge in [-0.1, -0.05) is 17.3 Å². The Hall–Kier alpha value is -2.24. The molecule has 1 amide bonds. The van der Waals surface area contributed by atoms with Crippen molar-refractivity contribution in [3.8, 4) is 5.75 Å². The van der Waals surface area contributed by atoms with Crippen molar-refractivity contribution in [3.63, 3.8) is 0 Å². The van der Waals surface area contributed by atoms with Crippen LogP contribution in [0.15, 0.2) is 29.4 Å². The molecule has 0 saturated carbocycles. The average molecular weight is 279 g/mol. The van der Waals surface area contributed by atoms with E-state index in [9.17, 15) is 4.79 Å². The minimum absolute atomic E-state index is 0.112. The molecule has 1 aromatic carbocycles. The van der Waals surface area contributed by atoms with Crippen molar-refractivity contribution < 1.29 is 14.7 Å². The lowest BCUT2D eigenvalue weighted by molar-refractivity contribution is -0.126. The number of hydrogen-bond donors (Lipinski definition) is 3. The Labute approximate surface area is 118 Å². The maximum absolute atomic E-state index is 12.0. The molecule has 0 aromatic heterocycles. The molecule has 4 N–H and O–H groups in total. The van der Waals surface area contributed by atoms with Crippen molar-refractivity contribution in [1.82, 2.24) is 5.32 Å². The lowest BCUT2D eigenvalue weighted by atomic mass is 9.91. The van der Waals surface area contributed by atoms with Crippen LogP contribution in [0.2, 0.25) is 0 Å². The number of nitrogens with one attached hydrogen (secondary N) is 1. The fourth-order valence-electron chi connectivity index (χ4n) is 1.57. The zero-order chi connectivity index (χ0) is 15.2. The van der Waals surface area contributed by atoms with Crippen molar-refractivity contribution in [3.05, 3.63) is 29.8 Å². The van der Waals surface area contributed by atoms with Gasteiger partial charge in [0.15, 0.2) is 5.84 Å². The molecular formula is C14H21N3O3. The van der Waals surface area contributed by atoms with Crippen LogP contribution in [0, 0.1) is 5.41 Å². The molecule has 110 valence electrons. The van der Waals surface area contributed by atoms with Gasteiger partial charge in [0.25, 0.3) is 0 Å². The summed E-state index contributed by atoms with van der Waals surface area (Å²) in [6.07, 6.45) is 0.696. The van der Waals surface area contributed by atoms with E-state index in [1.54, 1.807) is 21.0 Å².